The van der Waals surface area contributed by atoms with Crippen molar-refractivity contribution in [1.29, 1.82) is 0 Å². The Hall–Kier alpha value is -9.15. The van der Waals surface area contributed by atoms with Gasteiger partial charge in [0.1, 0.15) is 58.4 Å². The van der Waals surface area contributed by atoms with Crippen molar-refractivity contribution in [3.63, 3.8) is 0 Å². The van der Waals surface area contributed by atoms with Crippen molar-refractivity contribution < 1.29 is 97.1 Å². The number of pyridine rings is 1. The van der Waals surface area contributed by atoms with Crippen molar-refractivity contribution in [3.8, 4) is 11.6 Å². The molecule has 0 unspecified atom stereocenters. The summed E-state index contributed by atoms with van der Waals surface area (Å²) in [6, 6.07) is 47.1. The molecule has 0 saturated heterocycles. The molecule has 2 nitrogen and oxygen atoms in total. The zero-order chi connectivity index (χ0) is 58.3. The highest BCUT2D eigenvalue weighted by atomic mass is 19.2. The van der Waals surface area contributed by atoms with Crippen molar-refractivity contribution in [2.24, 2.45) is 0 Å². The van der Waals surface area contributed by atoms with Crippen LogP contribution in [-0.4, -0.2) is 6.15 Å². The van der Waals surface area contributed by atoms with Gasteiger partial charge in [-0.3, -0.25) is 0 Å². The molecule has 0 saturated carbocycles. The van der Waals surface area contributed by atoms with E-state index in [0.29, 0.717) is 0 Å². The molecule has 11 aromatic rings. The lowest BCUT2D eigenvalue weighted by Crippen LogP contribution is -2.81. The second-order valence-electron chi connectivity index (χ2n) is 18.1. The van der Waals surface area contributed by atoms with E-state index in [4.69, 9.17) is 4.74 Å². The van der Waals surface area contributed by atoms with Crippen LogP contribution in [0, 0.1) is 116 Å². The van der Waals surface area contributed by atoms with Crippen molar-refractivity contribution in [2.75, 3.05) is 0 Å². The van der Waals surface area contributed by atoms with Gasteiger partial charge < -0.3 is 4.74 Å². The maximum atomic E-state index is 15.4. The van der Waals surface area contributed by atoms with Crippen molar-refractivity contribution in [3.05, 3.63) is 255 Å². The standard InChI is InChI=1S/C34H24NO.C24BF20/c1-2-10-24(11-3-1)23-35-32-17-9-7-12-25(32)18-19-33(35)36-34-30-16-8-6-15-28(30)21-29-20-26-13-4-5-14-27(26)22-31(29)34;26-5-1(6(27)14(35)21(42)13(5)34)25(2-7(28)15(36)22(43)16(37)8(2)29,3-9(30)17(38)23(44)18(39)10(3)31)4-11(32)19(40)24(45)20(41)12(4)33/h1-22H,23H2;/q+1;-1. The fraction of sp³-hybridized carbons (Fsp3) is 0.0172. The number of para-hydroxylation sites is 1. The summed E-state index contributed by atoms with van der Waals surface area (Å²) in [6.45, 7) is 0.725. The number of hydrogen-bond donors (Lipinski definition) is 0. The Kier molecular flexibility index (Phi) is 14.2. The van der Waals surface area contributed by atoms with E-state index in [1.165, 1.54) is 32.5 Å². The summed E-state index contributed by atoms with van der Waals surface area (Å²) in [5.41, 5.74) is -11.9. The molecule has 81 heavy (non-hydrogen) atoms. The minimum atomic E-state index is -7.22. The second kappa shape index (κ2) is 20.8. The Balaban J connectivity index is 0.000000185. The summed E-state index contributed by atoms with van der Waals surface area (Å²) < 4.78 is 303. The van der Waals surface area contributed by atoms with Crippen molar-refractivity contribution >= 4 is 71.2 Å². The Morgan fingerprint density at radius 1 is 0.284 bits per heavy atom. The van der Waals surface area contributed by atoms with Gasteiger partial charge >= 0.3 is 5.88 Å². The molecule has 1 heterocycles. The Morgan fingerprint density at radius 3 is 1.05 bits per heavy atom. The summed E-state index contributed by atoms with van der Waals surface area (Å²) in [5.74, 6) is -69.7. The number of benzene rings is 10. The van der Waals surface area contributed by atoms with E-state index in [1.807, 2.05) is 0 Å². The molecule has 23 heteroatoms. The van der Waals surface area contributed by atoms with Crippen molar-refractivity contribution in [1.82, 2.24) is 0 Å². The third-order valence-corrected chi connectivity index (χ3v) is 13.7. The molecule has 0 aliphatic heterocycles. The molecule has 0 spiro atoms. The first-order valence-corrected chi connectivity index (χ1v) is 23.2. The molecule has 1 aromatic heterocycles. The molecule has 0 N–H and O–H groups in total. The third kappa shape index (κ3) is 8.67. The van der Waals surface area contributed by atoms with Gasteiger partial charge in [0.05, 0.1) is 6.07 Å². The quantitative estimate of drug-likeness (QED) is 0.0369. The first-order chi connectivity index (χ1) is 38.5. The average molecular weight is 1140 g/mol. The second-order valence-corrected chi connectivity index (χ2v) is 18.1. The summed E-state index contributed by atoms with van der Waals surface area (Å²) >= 11 is 0. The molecule has 0 aliphatic rings. The number of hydrogen-bond acceptors (Lipinski definition) is 1. The Labute approximate surface area is 440 Å². The van der Waals surface area contributed by atoms with Crippen LogP contribution in [0.5, 0.6) is 11.6 Å². The molecule has 410 valence electrons. The predicted octanol–water partition coefficient (Wildman–Crippen LogP) is 14.3. The van der Waals surface area contributed by atoms with Crippen LogP contribution in [0.3, 0.4) is 0 Å². The molecule has 0 radical (unpaired) electrons. The number of aromatic nitrogens is 1. The van der Waals surface area contributed by atoms with Gasteiger partial charge in [-0.15, -0.1) is 21.9 Å². The van der Waals surface area contributed by atoms with Crippen LogP contribution in [-0.2, 0) is 6.54 Å². The molecule has 0 bridgehead atoms. The third-order valence-electron chi connectivity index (χ3n) is 13.7. The molecule has 11 rings (SSSR count). The van der Waals surface area contributed by atoms with Gasteiger partial charge in [-0.1, -0.05) is 91.0 Å². The molecule has 0 fully saturated rings. The van der Waals surface area contributed by atoms with Crippen molar-refractivity contribution in [2.45, 2.75) is 6.54 Å². The average Bonchev–Trinajstić information content (AvgIpc) is 1.40. The number of halogens is 20. The predicted molar refractivity (Wildman–Crippen MR) is 258 cm³/mol. The molecule has 0 atom stereocenters. The Bertz CT molecular complexity index is 4040. The molecular formula is C58H24BF20NO. The SMILES string of the molecule is Fc1c(F)c(F)c([B-](c2c(F)c(F)c(F)c(F)c2F)(c2c(F)c(F)c(F)c(F)c2F)c2c(F)c(F)c(F)c(F)c2F)c(F)c1F.c1ccc(C[n+]2c(Oc3c4ccccc4cc4cc5ccccc5cc34)ccc3ccccc32)cc1. The van der Waals surface area contributed by atoms with Crippen LogP contribution in [0.2, 0.25) is 0 Å². The molecule has 0 aliphatic carbocycles. The van der Waals surface area contributed by atoms with Gasteiger partial charge in [0.2, 0.25) is 5.52 Å². The van der Waals surface area contributed by atoms with Crippen LogP contribution < -0.4 is 31.2 Å². The zero-order valence-electron chi connectivity index (χ0n) is 39.9. The van der Waals surface area contributed by atoms with E-state index < -0.39 is 144 Å². The van der Waals surface area contributed by atoms with E-state index in [-0.39, 0.29) is 0 Å². The topological polar surface area (TPSA) is 13.1 Å². The molecular weight excluding hydrogens is 1120 g/mol. The summed E-state index contributed by atoms with van der Waals surface area (Å²) in [5, 5.41) is 8.21. The number of ether oxygens (including phenoxy) is 1. The summed E-state index contributed by atoms with van der Waals surface area (Å²) in [7, 11) is 0. The highest BCUT2D eigenvalue weighted by Gasteiger charge is 2.52. The minimum absolute atomic E-state index is 0.725. The lowest BCUT2D eigenvalue weighted by Gasteiger charge is -2.44. The van der Waals surface area contributed by atoms with E-state index >= 15 is 35.1 Å². The minimum Gasteiger partial charge on any atom is -0.404 e. The van der Waals surface area contributed by atoms with Crippen LogP contribution in [0.25, 0.3) is 43.2 Å². The fourth-order valence-electron chi connectivity index (χ4n) is 10.1. The first kappa shape index (κ1) is 55.2. The maximum Gasteiger partial charge on any atom is 0.374 e. The summed E-state index contributed by atoms with van der Waals surface area (Å²) in [4.78, 5) is 0. The van der Waals surface area contributed by atoms with Crippen LogP contribution in [0.1, 0.15) is 5.56 Å². The van der Waals surface area contributed by atoms with E-state index in [0.717, 1.165) is 34.5 Å². The van der Waals surface area contributed by atoms with Crippen LogP contribution in [0.15, 0.2) is 133 Å². The Morgan fingerprint density at radius 2 is 0.617 bits per heavy atom. The van der Waals surface area contributed by atoms with E-state index in [1.54, 1.807) is 0 Å². The number of fused-ring (bicyclic) bond motifs is 4. The first-order valence-electron chi connectivity index (χ1n) is 23.2. The highest BCUT2D eigenvalue weighted by Crippen LogP contribution is 2.40. The number of rotatable bonds is 8. The van der Waals surface area contributed by atoms with E-state index in [9.17, 15) is 52.7 Å². The molecule has 10 aromatic carbocycles. The van der Waals surface area contributed by atoms with Gasteiger partial charge in [0.25, 0.3) is 0 Å². The van der Waals surface area contributed by atoms with E-state index in [2.05, 4.69) is 138 Å². The van der Waals surface area contributed by atoms with Gasteiger partial charge in [-0.05, 0) is 51.9 Å². The summed E-state index contributed by atoms with van der Waals surface area (Å²) in [6.07, 6.45) is -7.22. The van der Waals surface area contributed by atoms with Gasteiger partial charge in [0.15, 0.2) is 76.4 Å². The smallest absolute Gasteiger partial charge is 0.374 e. The lowest BCUT2D eigenvalue weighted by molar-refractivity contribution is -0.666. The fourth-order valence-corrected chi connectivity index (χ4v) is 10.1. The van der Waals surface area contributed by atoms with Gasteiger partial charge in [-0.25, -0.2) is 87.8 Å². The number of nitrogens with zero attached hydrogens (tertiary/aromatic N) is 1. The largest absolute Gasteiger partial charge is 0.404 e. The normalized spacial score (nSPS) is 11.8. The van der Waals surface area contributed by atoms with Gasteiger partial charge in [-0.2, -0.15) is 4.57 Å². The molecule has 0 amide bonds. The monoisotopic (exact) mass is 1140 g/mol. The zero-order valence-corrected chi connectivity index (χ0v) is 39.9. The highest BCUT2D eigenvalue weighted by molar-refractivity contribution is 7.20. The van der Waals surface area contributed by atoms with Crippen LogP contribution in [0.4, 0.5) is 87.8 Å². The maximum absolute atomic E-state index is 15.4. The van der Waals surface area contributed by atoms with Crippen LogP contribution >= 0.6 is 0 Å². The van der Waals surface area contributed by atoms with Gasteiger partial charge in [0, 0.05) is 27.8 Å². The lowest BCUT2D eigenvalue weighted by atomic mass is 9.12.